The van der Waals surface area contributed by atoms with Crippen LogP contribution in [0.5, 0.6) is 0 Å². The third-order valence-electron chi connectivity index (χ3n) is 6.66. The van der Waals surface area contributed by atoms with Gasteiger partial charge >= 0.3 is 0 Å². The molecule has 3 rings (SSSR count). The van der Waals surface area contributed by atoms with E-state index >= 15 is 0 Å². The van der Waals surface area contributed by atoms with Crippen LogP contribution in [0.1, 0.15) is 61.3 Å². The number of pyridine rings is 1. The molecule has 1 aromatic carbocycles. The maximum atomic E-state index is 2.39. The third-order valence-corrected chi connectivity index (χ3v) is 6.66. The van der Waals surface area contributed by atoms with Crippen molar-refractivity contribution < 1.29 is 18.6 Å². The van der Waals surface area contributed by atoms with E-state index in [0.717, 1.165) is 0 Å². The Bertz CT molecular complexity index is 976. The summed E-state index contributed by atoms with van der Waals surface area (Å²) in [5, 5.41) is 0. The Hall–Kier alpha value is -1.57. The molecule has 137 valence electrons. The first-order chi connectivity index (χ1) is 11.7. The minimum atomic E-state index is 0. The quantitative estimate of drug-likeness (QED) is 0.457. The van der Waals surface area contributed by atoms with E-state index in [4.69, 9.17) is 0 Å². The van der Waals surface area contributed by atoms with Gasteiger partial charge in [-0.15, -0.1) is 29.2 Å². The zero-order valence-electron chi connectivity index (χ0n) is 17.6. The first kappa shape index (κ1) is 20.7. The molecule has 0 saturated heterocycles. The number of hydrogen-bond donors (Lipinski definition) is 0. The van der Waals surface area contributed by atoms with Crippen LogP contribution in [0.25, 0.3) is 5.52 Å². The number of benzene rings is 1. The van der Waals surface area contributed by atoms with E-state index in [9.17, 15) is 0 Å². The average Bonchev–Trinajstić information content (AvgIpc) is 3.02. The molecule has 0 aliphatic carbocycles. The van der Waals surface area contributed by atoms with Crippen LogP contribution in [-0.2, 0) is 18.6 Å². The number of aryl methyl sites for hydroxylation is 2. The molecule has 3 aromatic rings. The minimum absolute atomic E-state index is 0. The van der Waals surface area contributed by atoms with Gasteiger partial charge in [0.1, 0.15) is 0 Å². The van der Waals surface area contributed by atoms with Gasteiger partial charge in [-0.1, -0.05) is 41.7 Å². The van der Waals surface area contributed by atoms with E-state index in [1.54, 1.807) is 0 Å². The molecular formula is C24H30NV-. The van der Waals surface area contributed by atoms with Crippen LogP contribution in [0.3, 0.4) is 0 Å². The van der Waals surface area contributed by atoms with Crippen molar-refractivity contribution in [2.45, 2.75) is 62.3 Å². The van der Waals surface area contributed by atoms with E-state index in [1.165, 1.54) is 66.8 Å². The Kier molecular flexibility index (Phi) is 5.76. The summed E-state index contributed by atoms with van der Waals surface area (Å²) in [6.07, 6.45) is 4.61. The second-order valence-electron chi connectivity index (χ2n) is 7.63. The maximum Gasteiger partial charge on any atom is 0.0146 e. The Labute approximate surface area is 170 Å². The monoisotopic (exact) mass is 383 g/mol. The Morgan fingerprint density at radius 3 is 1.62 bits per heavy atom. The Morgan fingerprint density at radius 2 is 1.08 bits per heavy atom. The van der Waals surface area contributed by atoms with E-state index in [1.807, 2.05) is 0 Å². The van der Waals surface area contributed by atoms with Crippen LogP contribution in [0.2, 0.25) is 0 Å². The Balaban J connectivity index is 0.00000243. The largest absolute Gasteiger partial charge is 0.359 e. The van der Waals surface area contributed by atoms with E-state index in [2.05, 4.69) is 85.4 Å². The molecule has 0 aliphatic heterocycles. The SMILES string of the molecule is Cc1c(C)c(C)c([CH-]c2ccn3c(C)c(C)c(C)c(C)c23)c(C)c1C.[V]. The molecule has 0 fully saturated rings. The molecule has 0 aliphatic rings. The van der Waals surface area contributed by atoms with Crippen molar-refractivity contribution in [3.05, 3.63) is 80.0 Å². The number of nitrogens with zero attached hydrogens (tertiary/aromatic N) is 1. The molecule has 2 aromatic heterocycles. The van der Waals surface area contributed by atoms with Crippen LogP contribution in [0.15, 0.2) is 12.3 Å². The second kappa shape index (κ2) is 7.21. The summed E-state index contributed by atoms with van der Waals surface area (Å²) in [4.78, 5) is 0. The van der Waals surface area contributed by atoms with Gasteiger partial charge in [0.25, 0.3) is 0 Å². The van der Waals surface area contributed by atoms with Crippen molar-refractivity contribution in [1.82, 2.24) is 4.40 Å². The number of fused-ring (bicyclic) bond motifs is 1. The topological polar surface area (TPSA) is 4.41 Å². The van der Waals surface area contributed by atoms with Gasteiger partial charge in [0, 0.05) is 24.2 Å². The predicted molar refractivity (Wildman–Crippen MR) is 109 cm³/mol. The average molecular weight is 383 g/mol. The third kappa shape index (κ3) is 2.92. The molecule has 26 heavy (non-hydrogen) atoms. The second-order valence-corrected chi connectivity index (χ2v) is 7.63. The van der Waals surface area contributed by atoms with Crippen molar-refractivity contribution >= 4 is 5.52 Å². The van der Waals surface area contributed by atoms with Gasteiger partial charge in [-0.2, -0.15) is 0 Å². The standard InChI is InChI=1S/C24H30N.V/c1-13-14(2)18(6)23(19(7)15(13)3)12-22-10-11-25-21(9)17(5)16(4)20(8)24(22)25;/h10-12H,1-9H3;/q-1;. The van der Waals surface area contributed by atoms with Crippen molar-refractivity contribution in [1.29, 1.82) is 0 Å². The fraction of sp³-hybridized carbons (Fsp3) is 0.375. The minimum Gasteiger partial charge on any atom is -0.359 e. The first-order valence-corrected chi connectivity index (χ1v) is 9.15. The summed E-state index contributed by atoms with van der Waals surface area (Å²) in [7, 11) is 0. The van der Waals surface area contributed by atoms with E-state index in [-0.39, 0.29) is 18.6 Å². The number of rotatable bonds is 2. The number of aromatic nitrogens is 1. The van der Waals surface area contributed by atoms with Gasteiger partial charge in [0.05, 0.1) is 0 Å². The van der Waals surface area contributed by atoms with Gasteiger partial charge < -0.3 is 4.40 Å². The fourth-order valence-corrected chi connectivity index (χ4v) is 4.05. The molecule has 0 unspecified atom stereocenters. The van der Waals surface area contributed by atoms with Crippen molar-refractivity contribution in [3.8, 4) is 0 Å². The summed E-state index contributed by atoms with van der Waals surface area (Å²) < 4.78 is 2.35. The molecule has 1 radical (unpaired) electrons. The summed E-state index contributed by atoms with van der Waals surface area (Å²) in [5.41, 5.74) is 16.6. The molecule has 0 atom stereocenters. The smallest absolute Gasteiger partial charge is 0.0146 e. The van der Waals surface area contributed by atoms with Gasteiger partial charge in [-0.3, -0.25) is 0 Å². The number of hydrogen-bond acceptors (Lipinski definition) is 0. The summed E-state index contributed by atoms with van der Waals surface area (Å²) >= 11 is 0. The molecule has 0 N–H and O–H groups in total. The van der Waals surface area contributed by atoms with Crippen LogP contribution in [0.4, 0.5) is 0 Å². The molecule has 2 heteroatoms. The zero-order chi connectivity index (χ0) is 18.6. The summed E-state index contributed by atoms with van der Waals surface area (Å²) in [5.74, 6) is 0. The maximum absolute atomic E-state index is 2.39. The molecule has 0 bridgehead atoms. The molecule has 2 heterocycles. The van der Waals surface area contributed by atoms with Crippen LogP contribution in [-0.4, -0.2) is 4.40 Å². The van der Waals surface area contributed by atoms with E-state index in [0.29, 0.717) is 0 Å². The summed E-state index contributed by atoms with van der Waals surface area (Å²) in [6, 6.07) is 2.26. The molecular weight excluding hydrogens is 353 g/mol. The normalized spacial score (nSPS) is 11.0. The van der Waals surface area contributed by atoms with Crippen LogP contribution in [0, 0.1) is 68.7 Å². The van der Waals surface area contributed by atoms with Crippen LogP contribution < -0.4 is 0 Å². The fourth-order valence-electron chi connectivity index (χ4n) is 4.05. The first-order valence-electron chi connectivity index (χ1n) is 9.15. The van der Waals surface area contributed by atoms with Gasteiger partial charge in [0.15, 0.2) is 0 Å². The predicted octanol–water partition coefficient (Wildman–Crippen LogP) is 6.31. The van der Waals surface area contributed by atoms with Crippen molar-refractivity contribution in [2.24, 2.45) is 0 Å². The zero-order valence-corrected chi connectivity index (χ0v) is 19.0. The van der Waals surface area contributed by atoms with Crippen LogP contribution >= 0.6 is 0 Å². The van der Waals surface area contributed by atoms with Crippen molar-refractivity contribution in [3.63, 3.8) is 0 Å². The van der Waals surface area contributed by atoms with E-state index < -0.39 is 0 Å². The summed E-state index contributed by atoms with van der Waals surface area (Å²) in [6.45, 7) is 20.2. The molecule has 0 spiro atoms. The Morgan fingerprint density at radius 1 is 0.615 bits per heavy atom. The molecule has 0 saturated carbocycles. The molecule has 1 nitrogen and oxygen atoms in total. The van der Waals surface area contributed by atoms with Gasteiger partial charge in [0.2, 0.25) is 0 Å². The van der Waals surface area contributed by atoms with Crippen molar-refractivity contribution in [2.75, 3.05) is 0 Å². The van der Waals surface area contributed by atoms with Gasteiger partial charge in [-0.25, -0.2) is 0 Å². The van der Waals surface area contributed by atoms with Gasteiger partial charge in [-0.05, 0) is 71.3 Å². The molecule has 0 amide bonds.